The van der Waals surface area contributed by atoms with Gasteiger partial charge in [-0.3, -0.25) is 0 Å². The molecule has 0 radical (unpaired) electrons. The Morgan fingerprint density at radius 1 is 1.04 bits per heavy atom. The lowest BCUT2D eigenvalue weighted by Crippen LogP contribution is -2.30. The van der Waals surface area contributed by atoms with E-state index in [1.807, 2.05) is 26.0 Å². The normalized spacial score (nSPS) is 11.4. The van der Waals surface area contributed by atoms with Gasteiger partial charge in [-0.25, -0.2) is 8.42 Å². The van der Waals surface area contributed by atoms with Crippen LogP contribution in [-0.2, 0) is 10.0 Å². The van der Waals surface area contributed by atoms with Crippen LogP contribution in [0.2, 0.25) is 5.02 Å². The maximum atomic E-state index is 12.5. The number of benzene rings is 2. The number of nitrogens with one attached hydrogen (secondary N) is 2. The predicted octanol–water partition coefficient (Wildman–Crippen LogP) is 4.18. The number of thiocarbonyl (C=S) groups is 1. The molecule has 2 N–H and O–H groups in total. The minimum absolute atomic E-state index is 0.260. The standard InChI is InChI=1S/C17H20ClN3O2S2/c1-3-21(4-2)25(22,23)16-10-8-14(9-11-16)19-17(24)20-15-7-5-6-13(18)12-15/h5-12H,3-4H2,1-2H3,(H2,19,20,24). The molecule has 0 spiro atoms. The molecule has 0 aliphatic carbocycles. The second-order valence-corrected chi connectivity index (χ2v) is 7.99. The Morgan fingerprint density at radius 3 is 2.20 bits per heavy atom. The fourth-order valence-electron chi connectivity index (χ4n) is 2.28. The average molecular weight is 398 g/mol. The Balaban J connectivity index is 2.06. The van der Waals surface area contributed by atoms with Crippen LogP contribution in [0, 0.1) is 0 Å². The van der Waals surface area contributed by atoms with Crippen LogP contribution in [0.4, 0.5) is 11.4 Å². The molecular formula is C17H20ClN3O2S2. The third-order valence-corrected chi connectivity index (χ3v) is 6.04. The molecule has 0 amide bonds. The second-order valence-electron chi connectivity index (χ2n) is 5.20. The molecular weight excluding hydrogens is 378 g/mol. The third kappa shape index (κ3) is 5.15. The number of hydrogen-bond acceptors (Lipinski definition) is 3. The van der Waals surface area contributed by atoms with Gasteiger partial charge >= 0.3 is 0 Å². The highest BCUT2D eigenvalue weighted by molar-refractivity contribution is 7.89. The second kappa shape index (κ2) is 8.62. The van der Waals surface area contributed by atoms with E-state index in [1.54, 1.807) is 36.4 Å². The van der Waals surface area contributed by atoms with Gasteiger partial charge in [-0.1, -0.05) is 31.5 Å². The predicted molar refractivity (Wildman–Crippen MR) is 108 cm³/mol. The molecule has 8 heteroatoms. The van der Waals surface area contributed by atoms with Crippen LogP contribution in [0.15, 0.2) is 53.4 Å². The van der Waals surface area contributed by atoms with Crippen molar-refractivity contribution in [2.24, 2.45) is 0 Å². The van der Waals surface area contributed by atoms with Gasteiger partial charge in [0.2, 0.25) is 10.0 Å². The summed E-state index contributed by atoms with van der Waals surface area (Å²) in [6, 6.07) is 13.7. The van der Waals surface area contributed by atoms with Crippen LogP contribution in [0.5, 0.6) is 0 Å². The first-order valence-corrected chi connectivity index (χ1v) is 10.0. The molecule has 0 unspecified atom stereocenters. The Kier molecular flexibility index (Phi) is 6.78. The van der Waals surface area contributed by atoms with Crippen molar-refractivity contribution in [3.63, 3.8) is 0 Å². The van der Waals surface area contributed by atoms with E-state index in [0.29, 0.717) is 28.9 Å². The molecule has 2 rings (SSSR count). The first-order valence-electron chi connectivity index (χ1n) is 7.80. The van der Waals surface area contributed by atoms with Crippen LogP contribution in [0.3, 0.4) is 0 Å². The van der Waals surface area contributed by atoms with Gasteiger partial charge in [0.15, 0.2) is 5.11 Å². The van der Waals surface area contributed by atoms with Crippen LogP contribution in [0.1, 0.15) is 13.8 Å². The lowest BCUT2D eigenvalue weighted by Gasteiger charge is -2.18. The summed E-state index contributed by atoms with van der Waals surface area (Å²) in [7, 11) is -3.46. The number of anilines is 2. The molecule has 0 saturated carbocycles. The molecule has 134 valence electrons. The van der Waals surface area contributed by atoms with E-state index >= 15 is 0 Å². The number of nitrogens with zero attached hydrogens (tertiary/aromatic N) is 1. The van der Waals surface area contributed by atoms with E-state index in [9.17, 15) is 8.42 Å². The third-order valence-electron chi connectivity index (χ3n) is 3.54. The van der Waals surface area contributed by atoms with Crippen LogP contribution in [0.25, 0.3) is 0 Å². The van der Waals surface area contributed by atoms with E-state index in [2.05, 4.69) is 10.6 Å². The molecule has 0 aliphatic rings. The quantitative estimate of drug-likeness (QED) is 0.716. The smallest absolute Gasteiger partial charge is 0.243 e. The summed E-state index contributed by atoms with van der Waals surface area (Å²) in [6.45, 7) is 4.51. The van der Waals surface area contributed by atoms with Crippen molar-refractivity contribution in [3.8, 4) is 0 Å². The zero-order valence-corrected chi connectivity index (χ0v) is 16.4. The fourth-order valence-corrected chi connectivity index (χ4v) is 4.17. The molecule has 0 fully saturated rings. The summed E-state index contributed by atoms with van der Waals surface area (Å²) in [5.74, 6) is 0. The molecule has 0 aliphatic heterocycles. The summed E-state index contributed by atoms with van der Waals surface area (Å²) in [5.41, 5.74) is 1.46. The summed E-state index contributed by atoms with van der Waals surface area (Å²) < 4.78 is 26.3. The first-order chi connectivity index (χ1) is 11.9. The van der Waals surface area contributed by atoms with Gasteiger partial charge in [0, 0.05) is 29.5 Å². The van der Waals surface area contributed by atoms with E-state index < -0.39 is 10.0 Å². The van der Waals surface area contributed by atoms with E-state index in [-0.39, 0.29) is 4.90 Å². The Labute approximate surface area is 159 Å². The van der Waals surface area contributed by atoms with Crippen LogP contribution >= 0.6 is 23.8 Å². The number of halogens is 1. The molecule has 25 heavy (non-hydrogen) atoms. The topological polar surface area (TPSA) is 61.4 Å². The molecule has 0 aromatic heterocycles. The summed E-state index contributed by atoms with van der Waals surface area (Å²) in [5, 5.41) is 7.04. The largest absolute Gasteiger partial charge is 0.332 e. The highest BCUT2D eigenvalue weighted by atomic mass is 35.5. The highest BCUT2D eigenvalue weighted by Crippen LogP contribution is 2.19. The summed E-state index contributed by atoms with van der Waals surface area (Å²) >= 11 is 11.2. The SMILES string of the molecule is CCN(CC)S(=O)(=O)c1ccc(NC(=S)Nc2cccc(Cl)c2)cc1. The van der Waals surface area contributed by atoms with Gasteiger partial charge < -0.3 is 10.6 Å². The minimum Gasteiger partial charge on any atom is -0.332 e. The van der Waals surface area contributed by atoms with Crippen molar-refractivity contribution in [1.82, 2.24) is 4.31 Å². The van der Waals surface area contributed by atoms with Crippen molar-refractivity contribution in [2.75, 3.05) is 23.7 Å². The van der Waals surface area contributed by atoms with Gasteiger partial charge in [0.25, 0.3) is 0 Å². The Morgan fingerprint density at radius 2 is 1.64 bits per heavy atom. The van der Waals surface area contributed by atoms with Crippen molar-refractivity contribution in [3.05, 3.63) is 53.6 Å². The number of hydrogen-bond donors (Lipinski definition) is 2. The molecule has 0 heterocycles. The van der Waals surface area contributed by atoms with Gasteiger partial charge in [0.1, 0.15) is 0 Å². The van der Waals surface area contributed by atoms with Crippen molar-refractivity contribution in [1.29, 1.82) is 0 Å². The number of rotatable bonds is 6. The van der Waals surface area contributed by atoms with Crippen molar-refractivity contribution >= 4 is 50.3 Å². The van der Waals surface area contributed by atoms with Crippen molar-refractivity contribution < 1.29 is 8.42 Å². The zero-order chi connectivity index (χ0) is 18.4. The maximum Gasteiger partial charge on any atom is 0.243 e. The van der Waals surface area contributed by atoms with Gasteiger partial charge in [-0.15, -0.1) is 0 Å². The molecule has 2 aromatic rings. The monoisotopic (exact) mass is 397 g/mol. The van der Waals surface area contributed by atoms with Gasteiger partial charge in [0.05, 0.1) is 4.90 Å². The molecule has 5 nitrogen and oxygen atoms in total. The molecule has 0 saturated heterocycles. The Bertz CT molecular complexity index is 835. The van der Waals surface area contributed by atoms with Gasteiger partial charge in [-0.05, 0) is 54.7 Å². The van der Waals surface area contributed by atoms with Crippen LogP contribution in [-0.4, -0.2) is 30.9 Å². The van der Waals surface area contributed by atoms with Crippen molar-refractivity contribution in [2.45, 2.75) is 18.7 Å². The average Bonchev–Trinajstić information content (AvgIpc) is 2.56. The zero-order valence-electron chi connectivity index (χ0n) is 14.0. The highest BCUT2D eigenvalue weighted by Gasteiger charge is 2.21. The van der Waals surface area contributed by atoms with E-state index in [0.717, 1.165) is 5.69 Å². The van der Waals surface area contributed by atoms with E-state index in [4.69, 9.17) is 23.8 Å². The van der Waals surface area contributed by atoms with Gasteiger partial charge in [-0.2, -0.15) is 4.31 Å². The fraction of sp³-hybridized carbons (Fsp3) is 0.235. The number of sulfonamides is 1. The summed E-state index contributed by atoms with van der Waals surface area (Å²) in [6.07, 6.45) is 0. The Hall–Kier alpha value is -1.67. The van der Waals surface area contributed by atoms with Crippen LogP contribution < -0.4 is 10.6 Å². The van der Waals surface area contributed by atoms with E-state index in [1.165, 1.54) is 4.31 Å². The maximum absolute atomic E-state index is 12.5. The molecule has 0 atom stereocenters. The molecule has 2 aromatic carbocycles. The first kappa shape index (κ1) is 19.7. The lowest BCUT2D eigenvalue weighted by atomic mass is 10.3. The molecule has 0 bridgehead atoms. The lowest BCUT2D eigenvalue weighted by molar-refractivity contribution is 0.445. The summed E-state index contributed by atoms with van der Waals surface area (Å²) in [4.78, 5) is 0.260. The minimum atomic E-state index is -3.46.